The molecule has 0 saturated carbocycles. The van der Waals surface area contributed by atoms with Crippen molar-refractivity contribution in [1.29, 1.82) is 0 Å². The van der Waals surface area contributed by atoms with Crippen LogP contribution in [0.1, 0.15) is 28.7 Å². The van der Waals surface area contributed by atoms with Gasteiger partial charge in [-0.25, -0.2) is 0 Å². The zero-order valence-corrected chi connectivity index (χ0v) is 23.0. The number of ether oxygens (including phenoxy) is 5. The number of ketones is 1. The van der Waals surface area contributed by atoms with E-state index in [4.69, 9.17) is 23.7 Å². The Kier molecular flexibility index (Phi) is 5.86. The number of methoxy groups -OCH3 is 3. The van der Waals surface area contributed by atoms with Gasteiger partial charge in [0.25, 0.3) is 5.95 Å². The highest BCUT2D eigenvalue weighted by Crippen LogP contribution is 2.46. The van der Waals surface area contributed by atoms with Crippen LogP contribution in [0.4, 0.5) is 0 Å². The van der Waals surface area contributed by atoms with E-state index in [9.17, 15) is 4.79 Å². The molecule has 41 heavy (non-hydrogen) atoms. The third kappa shape index (κ3) is 3.82. The highest BCUT2D eigenvalue weighted by Gasteiger charge is 2.37. The van der Waals surface area contributed by atoms with Gasteiger partial charge in [-0.2, -0.15) is 0 Å². The predicted octanol–water partition coefficient (Wildman–Crippen LogP) is 4.83. The molecular weight excluding hydrogens is 516 g/mol. The van der Waals surface area contributed by atoms with Crippen LogP contribution in [-0.4, -0.2) is 33.7 Å². The van der Waals surface area contributed by atoms with E-state index in [1.165, 1.54) is 0 Å². The lowest BCUT2D eigenvalue weighted by Gasteiger charge is -2.34. The number of rotatable bonds is 5. The SMILES string of the molecule is COC1=CC=c2c(c3c(c4c2=CC(c2ccc(OC)cc2)(c2ccc(OC)cc2)C=C4)OCC2=C3C(=O)CC=C2)O1. The first kappa shape index (κ1) is 25.0. The molecule has 0 N–H and O–H groups in total. The summed E-state index contributed by atoms with van der Waals surface area (Å²) in [5.41, 5.74) is 4.65. The third-order valence-corrected chi connectivity index (χ3v) is 8.18. The van der Waals surface area contributed by atoms with Crippen LogP contribution in [-0.2, 0) is 14.9 Å². The summed E-state index contributed by atoms with van der Waals surface area (Å²) in [6.45, 7) is 0.322. The summed E-state index contributed by atoms with van der Waals surface area (Å²) in [4.78, 5) is 13.3. The Morgan fingerprint density at radius 1 is 0.780 bits per heavy atom. The minimum Gasteiger partial charge on any atom is -0.497 e. The van der Waals surface area contributed by atoms with Crippen LogP contribution >= 0.6 is 0 Å². The first-order valence-corrected chi connectivity index (χ1v) is 13.5. The first-order valence-electron chi connectivity index (χ1n) is 13.5. The van der Waals surface area contributed by atoms with Crippen molar-refractivity contribution in [3.8, 4) is 23.0 Å². The van der Waals surface area contributed by atoms with Gasteiger partial charge in [0.05, 0.1) is 32.3 Å². The van der Waals surface area contributed by atoms with E-state index in [0.29, 0.717) is 41.6 Å². The topological polar surface area (TPSA) is 63.2 Å². The average Bonchev–Trinajstić information content (AvgIpc) is 3.04. The van der Waals surface area contributed by atoms with Gasteiger partial charge in [-0.15, -0.1) is 0 Å². The highest BCUT2D eigenvalue weighted by molar-refractivity contribution is 6.25. The minimum absolute atomic E-state index is 0.0564. The molecule has 0 atom stereocenters. The van der Waals surface area contributed by atoms with Crippen LogP contribution in [0.5, 0.6) is 23.0 Å². The minimum atomic E-state index is -0.616. The second-order valence-corrected chi connectivity index (χ2v) is 10.3. The maximum absolute atomic E-state index is 13.3. The van der Waals surface area contributed by atoms with Gasteiger partial charge in [0.2, 0.25) is 0 Å². The smallest absolute Gasteiger partial charge is 0.284 e. The number of allylic oxidation sites excluding steroid dienone is 4. The Labute approximate surface area is 237 Å². The van der Waals surface area contributed by atoms with Crippen LogP contribution in [0.25, 0.3) is 23.8 Å². The van der Waals surface area contributed by atoms with Crippen molar-refractivity contribution >= 4 is 29.6 Å². The fourth-order valence-corrected chi connectivity index (χ4v) is 6.12. The van der Waals surface area contributed by atoms with Crippen LogP contribution in [0.3, 0.4) is 0 Å². The van der Waals surface area contributed by atoms with Crippen molar-refractivity contribution in [2.75, 3.05) is 27.9 Å². The van der Waals surface area contributed by atoms with E-state index in [-0.39, 0.29) is 5.78 Å². The maximum Gasteiger partial charge on any atom is 0.284 e. The summed E-state index contributed by atoms with van der Waals surface area (Å²) in [5, 5.41) is 1.83. The molecule has 4 aliphatic rings. The second kappa shape index (κ2) is 9.59. The molecule has 6 nitrogen and oxygen atoms in total. The van der Waals surface area contributed by atoms with Crippen molar-refractivity contribution in [3.63, 3.8) is 0 Å². The summed E-state index contributed by atoms with van der Waals surface area (Å²) >= 11 is 0. The number of benzene rings is 3. The molecule has 0 fully saturated rings. The molecule has 0 aromatic heterocycles. The summed E-state index contributed by atoms with van der Waals surface area (Å²) in [7, 11) is 4.90. The number of Topliss-reactive ketones (excluding diaryl/α,β-unsaturated/α-hetero) is 1. The van der Waals surface area contributed by atoms with Crippen molar-refractivity contribution in [1.82, 2.24) is 0 Å². The van der Waals surface area contributed by atoms with Gasteiger partial charge >= 0.3 is 0 Å². The number of carbonyl (C=O) groups excluding carboxylic acids is 1. The molecule has 2 aliphatic heterocycles. The number of hydrogen-bond acceptors (Lipinski definition) is 6. The average molecular weight is 545 g/mol. The van der Waals surface area contributed by atoms with Crippen molar-refractivity contribution in [2.45, 2.75) is 11.8 Å². The number of hydrogen-bond donors (Lipinski definition) is 0. The molecule has 0 unspecified atom stereocenters. The van der Waals surface area contributed by atoms with Gasteiger partial charge in [0, 0.05) is 34.4 Å². The van der Waals surface area contributed by atoms with E-state index in [0.717, 1.165) is 44.2 Å². The van der Waals surface area contributed by atoms with Gasteiger partial charge in [-0.3, -0.25) is 4.79 Å². The monoisotopic (exact) mass is 544 g/mol. The van der Waals surface area contributed by atoms with Gasteiger partial charge in [-0.05, 0) is 46.7 Å². The van der Waals surface area contributed by atoms with Crippen molar-refractivity contribution < 1.29 is 28.5 Å². The summed E-state index contributed by atoms with van der Waals surface area (Å²) in [6, 6.07) is 16.2. The van der Waals surface area contributed by atoms with Crippen molar-refractivity contribution in [2.24, 2.45) is 0 Å². The molecule has 0 spiro atoms. The van der Waals surface area contributed by atoms with E-state index in [1.807, 2.05) is 48.6 Å². The molecule has 0 radical (unpaired) electrons. The Bertz CT molecular complexity index is 1790. The van der Waals surface area contributed by atoms with E-state index in [2.05, 4.69) is 42.5 Å². The second-order valence-electron chi connectivity index (χ2n) is 10.3. The predicted molar refractivity (Wildman–Crippen MR) is 157 cm³/mol. The lowest BCUT2D eigenvalue weighted by molar-refractivity contribution is -0.113. The number of fused-ring (bicyclic) bond motifs is 7. The van der Waals surface area contributed by atoms with Crippen LogP contribution in [0, 0.1) is 0 Å². The van der Waals surface area contributed by atoms with Gasteiger partial charge < -0.3 is 23.7 Å². The van der Waals surface area contributed by atoms with Gasteiger partial charge in [-0.1, -0.05) is 54.6 Å². The summed E-state index contributed by atoms with van der Waals surface area (Å²) in [5.74, 6) is 3.20. The van der Waals surface area contributed by atoms with Crippen LogP contribution in [0.15, 0.2) is 84.4 Å². The standard InChI is InChI=1S/C35H28O6/c1-37-24-11-7-22(8-12-24)35(23-9-13-25(38-2)14-10-23)18-17-27-28(19-35)26-15-16-30(39-3)41-34(26)32-31-21(20-40-33(27)32)5-4-6-29(31)36/h4-5,7-19H,6,20H2,1-3H3. The van der Waals surface area contributed by atoms with Crippen LogP contribution in [0.2, 0.25) is 0 Å². The molecule has 7 rings (SSSR count). The molecule has 2 heterocycles. The molecule has 0 saturated heterocycles. The molecule has 3 aromatic carbocycles. The van der Waals surface area contributed by atoms with E-state index >= 15 is 0 Å². The lowest BCUT2D eigenvalue weighted by Crippen LogP contribution is -2.39. The molecule has 0 bridgehead atoms. The zero-order valence-electron chi connectivity index (χ0n) is 23.0. The highest BCUT2D eigenvalue weighted by atomic mass is 16.7. The fraction of sp³-hybridized carbons (Fsp3) is 0.171. The molecule has 0 amide bonds. The van der Waals surface area contributed by atoms with E-state index < -0.39 is 5.41 Å². The maximum atomic E-state index is 13.3. The van der Waals surface area contributed by atoms with E-state index in [1.54, 1.807) is 21.3 Å². The molecule has 3 aromatic rings. The van der Waals surface area contributed by atoms with Crippen LogP contribution < -0.4 is 29.4 Å². The quantitative estimate of drug-likeness (QED) is 0.459. The Morgan fingerprint density at radius 2 is 1.46 bits per heavy atom. The Balaban J connectivity index is 1.56. The van der Waals surface area contributed by atoms with Crippen molar-refractivity contribution in [3.05, 3.63) is 117 Å². The Morgan fingerprint density at radius 3 is 2.10 bits per heavy atom. The molecule has 204 valence electrons. The normalized spacial score (nSPS) is 17.3. The molecule has 6 heteroatoms. The lowest BCUT2D eigenvalue weighted by atomic mass is 9.70. The summed E-state index contributed by atoms with van der Waals surface area (Å²) in [6.07, 6.45) is 14.6. The zero-order chi connectivity index (χ0) is 28.1. The van der Waals surface area contributed by atoms with Gasteiger partial charge in [0.1, 0.15) is 23.9 Å². The summed E-state index contributed by atoms with van der Waals surface area (Å²) < 4.78 is 29.1. The third-order valence-electron chi connectivity index (χ3n) is 8.18. The number of carbonyl (C=O) groups is 1. The Hall–Kier alpha value is -4.97. The first-order chi connectivity index (χ1) is 20.1. The molecule has 2 aliphatic carbocycles. The van der Waals surface area contributed by atoms with Gasteiger partial charge in [0.15, 0.2) is 11.5 Å². The molecular formula is C35H28O6. The fourth-order valence-electron chi connectivity index (χ4n) is 6.12. The largest absolute Gasteiger partial charge is 0.497 e.